The summed E-state index contributed by atoms with van der Waals surface area (Å²) in [6, 6.07) is 1.44. The number of unbranched alkanes of at least 4 members (excludes halogenated alkanes) is 2. The van der Waals surface area contributed by atoms with Crippen molar-refractivity contribution >= 4 is 15.3 Å². The van der Waals surface area contributed by atoms with Crippen molar-refractivity contribution in [1.82, 2.24) is 0 Å². The third-order valence-corrected chi connectivity index (χ3v) is 3.73. The van der Waals surface area contributed by atoms with Crippen molar-refractivity contribution in [2.45, 2.75) is 51.5 Å². The topological polar surface area (TPSA) is 0 Å². The second kappa shape index (κ2) is 5.68. The van der Waals surface area contributed by atoms with Crippen molar-refractivity contribution in [2.75, 3.05) is 0 Å². The molecule has 2 atom stereocenters. The predicted octanol–water partition coefficient (Wildman–Crippen LogP) is 2.88. The molecule has 0 amide bonds. The molecule has 0 aromatic rings. The maximum absolute atomic E-state index is 3.97. The average Bonchev–Trinajstić information content (AvgIpc) is 2.81. The van der Waals surface area contributed by atoms with Crippen LogP contribution in [0.3, 0.4) is 0 Å². The second-order valence-corrected chi connectivity index (χ2v) is 5.27. The average molecular weight is 182 g/mol. The Morgan fingerprint density at radius 2 is 2.00 bits per heavy atom. The molecule has 0 saturated heterocycles. The van der Waals surface area contributed by atoms with Gasteiger partial charge < -0.3 is 0 Å². The Labute approximate surface area is 79.2 Å². The third-order valence-electron chi connectivity index (χ3n) is 2.99. The molecule has 0 unspecified atom stereocenters. The van der Waals surface area contributed by atoms with Crippen molar-refractivity contribution in [3.8, 4) is 0 Å². The molecule has 70 valence electrons. The number of hydrogen-bond donors (Lipinski definition) is 0. The monoisotopic (exact) mass is 182 g/mol. The van der Waals surface area contributed by atoms with Crippen molar-refractivity contribution in [3.63, 3.8) is 0 Å². The Kier molecular flexibility index (Phi) is 4.82. The minimum atomic E-state index is 0.524. The van der Waals surface area contributed by atoms with Crippen molar-refractivity contribution in [2.24, 2.45) is 11.8 Å². The van der Waals surface area contributed by atoms with Gasteiger partial charge in [-0.25, -0.2) is 0 Å². The molecule has 1 fully saturated rings. The highest BCUT2D eigenvalue weighted by Crippen LogP contribution is 2.45. The first-order valence-corrected chi connectivity index (χ1v) is 7.12. The normalized spacial score (nSPS) is 27.1. The molecule has 0 aromatic carbocycles. The van der Waals surface area contributed by atoms with E-state index in [0.717, 1.165) is 11.8 Å². The molecule has 1 heteroatoms. The van der Waals surface area contributed by atoms with Gasteiger partial charge in [0.2, 0.25) is 0 Å². The van der Waals surface area contributed by atoms with E-state index >= 15 is 0 Å². The second-order valence-electron chi connectivity index (χ2n) is 4.12. The third kappa shape index (κ3) is 3.66. The van der Waals surface area contributed by atoms with E-state index in [4.69, 9.17) is 0 Å². The minimum absolute atomic E-state index is 0.524. The first kappa shape index (κ1) is 10.2. The Balaban J connectivity index is 1.89. The highest BCUT2D eigenvalue weighted by Gasteiger charge is 2.34. The Morgan fingerprint density at radius 1 is 1.25 bits per heavy atom. The van der Waals surface area contributed by atoms with Gasteiger partial charge in [-0.15, -0.1) is 6.17 Å². The van der Waals surface area contributed by atoms with Crippen LogP contribution in [0.25, 0.3) is 0 Å². The molecule has 0 nitrogen and oxygen atoms in total. The van der Waals surface area contributed by atoms with E-state index in [1.165, 1.54) is 38.1 Å². The minimum Gasteiger partial charge on any atom is -0.121 e. The maximum atomic E-state index is 3.97. The lowest BCUT2D eigenvalue weighted by atomic mass is 10.1. The lowest BCUT2D eigenvalue weighted by Gasteiger charge is -1.97. The van der Waals surface area contributed by atoms with E-state index in [9.17, 15) is 0 Å². The zero-order chi connectivity index (χ0) is 8.81. The van der Waals surface area contributed by atoms with Crippen LogP contribution in [0.15, 0.2) is 0 Å². The molecule has 1 aliphatic rings. The Hall–Kier alpha value is 0.0869. The zero-order valence-corrected chi connectivity index (χ0v) is 9.54. The van der Waals surface area contributed by atoms with Crippen LogP contribution in [-0.4, -0.2) is 15.3 Å². The van der Waals surface area contributed by atoms with Crippen LogP contribution in [0.5, 0.6) is 0 Å². The fraction of sp³-hybridized carbons (Fsp3) is 0.909. The SMILES string of the molecule is C=[SiH]CC[C@H]1C[C@H]1CCCCC. The van der Waals surface area contributed by atoms with Gasteiger partial charge in [0.15, 0.2) is 0 Å². The van der Waals surface area contributed by atoms with Crippen molar-refractivity contribution < 1.29 is 0 Å². The molecule has 0 aliphatic heterocycles. The molecule has 0 radical (unpaired) electrons. The zero-order valence-electron chi connectivity index (χ0n) is 8.39. The highest BCUT2D eigenvalue weighted by molar-refractivity contribution is 6.40. The number of hydrogen-bond acceptors (Lipinski definition) is 0. The summed E-state index contributed by atoms with van der Waals surface area (Å²) in [6.07, 6.45) is 12.8. The fourth-order valence-corrected chi connectivity index (χ4v) is 2.67. The van der Waals surface area contributed by atoms with E-state index in [2.05, 4.69) is 13.1 Å². The Bertz CT molecular complexity index is 131. The van der Waals surface area contributed by atoms with Gasteiger partial charge in [0.05, 0.1) is 0 Å². The van der Waals surface area contributed by atoms with E-state index in [-0.39, 0.29) is 0 Å². The van der Waals surface area contributed by atoms with Crippen LogP contribution in [0.4, 0.5) is 0 Å². The smallest absolute Gasteiger partial charge is 0.0153 e. The summed E-state index contributed by atoms with van der Waals surface area (Å²) >= 11 is 0. The van der Waals surface area contributed by atoms with E-state index in [1.807, 2.05) is 0 Å². The standard InChI is InChI=1S/C11H22Si/c1-3-4-5-6-10-9-11(10)7-8-12-2/h10-12H,2-9H2,1H3/t10-,11+/m1/s1. The summed E-state index contributed by atoms with van der Waals surface area (Å²) in [5.74, 6) is 2.25. The largest absolute Gasteiger partial charge is 0.121 e. The predicted molar refractivity (Wildman–Crippen MR) is 59.4 cm³/mol. The van der Waals surface area contributed by atoms with Crippen LogP contribution in [0.2, 0.25) is 6.04 Å². The maximum Gasteiger partial charge on any atom is -0.0153 e. The van der Waals surface area contributed by atoms with Gasteiger partial charge in [0.25, 0.3) is 0 Å². The van der Waals surface area contributed by atoms with Crippen LogP contribution in [-0.2, 0) is 0 Å². The van der Waals surface area contributed by atoms with E-state index in [0.29, 0.717) is 9.13 Å². The van der Waals surface area contributed by atoms with Gasteiger partial charge in [-0.3, -0.25) is 0 Å². The Morgan fingerprint density at radius 3 is 2.67 bits per heavy atom. The first-order chi connectivity index (χ1) is 5.88. The van der Waals surface area contributed by atoms with E-state index < -0.39 is 0 Å². The lowest BCUT2D eigenvalue weighted by Crippen LogP contribution is -1.85. The molecule has 12 heavy (non-hydrogen) atoms. The summed E-state index contributed by atoms with van der Waals surface area (Å²) in [4.78, 5) is 0. The lowest BCUT2D eigenvalue weighted by molar-refractivity contribution is 0.575. The molecule has 0 spiro atoms. The van der Waals surface area contributed by atoms with Crippen molar-refractivity contribution in [3.05, 3.63) is 0 Å². The first-order valence-electron chi connectivity index (χ1n) is 5.49. The van der Waals surface area contributed by atoms with Crippen LogP contribution >= 0.6 is 0 Å². The van der Waals surface area contributed by atoms with Crippen LogP contribution in [0.1, 0.15) is 45.4 Å². The molecule has 0 heterocycles. The van der Waals surface area contributed by atoms with Gasteiger partial charge in [-0.05, 0) is 39.9 Å². The van der Waals surface area contributed by atoms with Crippen LogP contribution < -0.4 is 0 Å². The quantitative estimate of drug-likeness (QED) is 0.419. The summed E-state index contributed by atoms with van der Waals surface area (Å²) in [6.45, 7) is 2.29. The molecular weight excluding hydrogens is 160 g/mol. The molecule has 1 aliphatic carbocycles. The van der Waals surface area contributed by atoms with E-state index in [1.54, 1.807) is 6.42 Å². The molecule has 0 N–H and O–H groups in total. The summed E-state index contributed by atoms with van der Waals surface area (Å²) < 4.78 is 0. The molecule has 1 saturated carbocycles. The summed E-state index contributed by atoms with van der Waals surface area (Å²) in [5, 5.41) is 0. The summed E-state index contributed by atoms with van der Waals surface area (Å²) in [7, 11) is 0.524. The van der Waals surface area contributed by atoms with Gasteiger partial charge in [0, 0.05) is 0 Å². The van der Waals surface area contributed by atoms with Crippen LogP contribution in [0, 0.1) is 11.8 Å². The number of rotatable bonds is 7. The molecule has 1 rings (SSSR count). The molecule has 0 aromatic heterocycles. The van der Waals surface area contributed by atoms with Crippen molar-refractivity contribution in [1.29, 1.82) is 0 Å². The van der Waals surface area contributed by atoms with Gasteiger partial charge in [-0.1, -0.05) is 32.6 Å². The molecule has 0 bridgehead atoms. The summed E-state index contributed by atoms with van der Waals surface area (Å²) in [5.41, 5.74) is 0. The van der Waals surface area contributed by atoms with Gasteiger partial charge in [0.1, 0.15) is 0 Å². The van der Waals surface area contributed by atoms with Gasteiger partial charge >= 0.3 is 0 Å². The highest BCUT2D eigenvalue weighted by atomic mass is 28.2. The fourth-order valence-electron chi connectivity index (χ4n) is 2.01. The van der Waals surface area contributed by atoms with Gasteiger partial charge in [-0.2, -0.15) is 0 Å². The molecular formula is C11H22Si.